The number of fused-ring (bicyclic) bond motifs is 2. The monoisotopic (exact) mass is 281 g/mol. The van der Waals surface area contributed by atoms with E-state index in [1.807, 2.05) is 0 Å². The Balaban J connectivity index is 1.55. The molecular formula is C14H19NO3S. The third-order valence-corrected chi connectivity index (χ3v) is 5.92. The number of amides is 1. The summed E-state index contributed by atoms with van der Waals surface area (Å²) in [7, 11) is 0. The molecule has 0 unspecified atom stereocenters. The minimum absolute atomic E-state index is 0.0306. The third kappa shape index (κ3) is 2.66. The van der Waals surface area contributed by atoms with E-state index in [0.717, 1.165) is 18.6 Å². The first kappa shape index (κ1) is 13.0. The molecule has 2 N–H and O–H groups in total. The molecule has 0 aromatic rings. The lowest BCUT2D eigenvalue weighted by Gasteiger charge is -2.37. The molecule has 19 heavy (non-hydrogen) atoms. The van der Waals surface area contributed by atoms with Crippen LogP contribution in [0.25, 0.3) is 0 Å². The van der Waals surface area contributed by atoms with E-state index in [9.17, 15) is 9.59 Å². The zero-order valence-electron chi connectivity index (χ0n) is 10.7. The van der Waals surface area contributed by atoms with Crippen molar-refractivity contribution in [3.8, 4) is 0 Å². The normalized spacial score (nSPS) is 40.3. The Morgan fingerprint density at radius 3 is 2.58 bits per heavy atom. The molecule has 1 amide bonds. The van der Waals surface area contributed by atoms with Gasteiger partial charge >= 0.3 is 5.97 Å². The van der Waals surface area contributed by atoms with E-state index >= 15 is 0 Å². The molecule has 5 atom stereocenters. The lowest BCUT2D eigenvalue weighted by molar-refractivity contribution is -0.136. The minimum Gasteiger partial charge on any atom is -0.480 e. The van der Waals surface area contributed by atoms with Crippen LogP contribution in [0.1, 0.15) is 25.7 Å². The maximum absolute atomic E-state index is 12.3. The molecule has 0 aromatic heterocycles. The molecule has 3 aliphatic carbocycles. The highest BCUT2D eigenvalue weighted by Crippen LogP contribution is 2.40. The summed E-state index contributed by atoms with van der Waals surface area (Å²) in [5.41, 5.74) is 0. The van der Waals surface area contributed by atoms with Crippen molar-refractivity contribution < 1.29 is 14.7 Å². The van der Waals surface area contributed by atoms with E-state index in [0.29, 0.717) is 18.3 Å². The summed E-state index contributed by atoms with van der Waals surface area (Å²) in [6, 6.07) is 0.0306. The summed E-state index contributed by atoms with van der Waals surface area (Å²) in [4.78, 5) is 23.2. The van der Waals surface area contributed by atoms with Crippen LogP contribution in [0.15, 0.2) is 12.2 Å². The molecule has 1 heterocycles. The van der Waals surface area contributed by atoms with Crippen LogP contribution in [-0.2, 0) is 9.59 Å². The molecule has 104 valence electrons. The van der Waals surface area contributed by atoms with Gasteiger partial charge in [-0.3, -0.25) is 9.59 Å². The molecule has 5 heteroatoms. The predicted octanol–water partition coefficient (Wildman–Crippen LogP) is 1.66. The first-order valence-electron chi connectivity index (χ1n) is 6.96. The fraction of sp³-hybridized carbons (Fsp3) is 0.714. The Morgan fingerprint density at radius 2 is 2.05 bits per heavy atom. The Bertz CT molecular complexity index is 423. The van der Waals surface area contributed by atoms with Crippen molar-refractivity contribution in [2.24, 2.45) is 17.8 Å². The number of allylic oxidation sites excluding steroid dienone is 2. The number of carboxylic acids is 1. The summed E-state index contributed by atoms with van der Waals surface area (Å²) in [6.07, 6.45) is 8.31. The zero-order valence-corrected chi connectivity index (χ0v) is 11.6. The Morgan fingerprint density at radius 1 is 1.21 bits per heavy atom. The van der Waals surface area contributed by atoms with Gasteiger partial charge in [0.2, 0.25) is 5.91 Å². The van der Waals surface area contributed by atoms with E-state index in [4.69, 9.17) is 5.11 Å². The number of carboxylic acid groups (broad SMARTS) is 1. The third-order valence-electron chi connectivity index (χ3n) is 4.53. The fourth-order valence-corrected chi connectivity index (χ4v) is 4.64. The number of aliphatic carboxylic acids is 1. The lowest BCUT2D eigenvalue weighted by Crippen LogP contribution is -2.44. The van der Waals surface area contributed by atoms with Crippen LogP contribution >= 0.6 is 11.8 Å². The van der Waals surface area contributed by atoms with Gasteiger partial charge in [0.05, 0.1) is 0 Å². The van der Waals surface area contributed by atoms with Gasteiger partial charge in [-0.25, -0.2) is 0 Å². The van der Waals surface area contributed by atoms with Crippen molar-refractivity contribution >= 4 is 23.6 Å². The van der Waals surface area contributed by atoms with E-state index in [-0.39, 0.29) is 23.1 Å². The number of hydrogen-bond acceptors (Lipinski definition) is 3. The number of carbonyl (C=O) groups is 2. The first-order chi connectivity index (χ1) is 9.13. The van der Waals surface area contributed by atoms with Gasteiger partial charge in [0, 0.05) is 17.7 Å². The van der Waals surface area contributed by atoms with Crippen molar-refractivity contribution in [2.75, 3.05) is 5.75 Å². The molecular weight excluding hydrogens is 262 g/mol. The molecule has 2 bridgehead atoms. The number of carbonyl (C=O) groups excluding carboxylic acids is 1. The van der Waals surface area contributed by atoms with Gasteiger partial charge in [0.15, 0.2) is 0 Å². The molecule has 1 saturated heterocycles. The average molecular weight is 281 g/mol. The second-order valence-electron chi connectivity index (χ2n) is 5.83. The van der Waals surface area contributed by atoms with Crippen molar-refractivity contribution in [3.05, 3.63) is 12.2 Å². The van der Waals surface area contributed by atoms with Gasteiger partial charge < -0.3 is 10.4 Å². The number of thioether (sulfide) groups is 1. The quantitative estimate of drug-likeness (QED) is 0.772. The smallest absolute Gasteiger partial charge is 0.316 e. The second-order valence-corrected chi connectivity index (χ2v) is 7.07. The van der Waals surface area contributed by atoms with Crippen LogP contribution in [0.5, 0.6) is 0 Å². The topological polar surface area (TPSA) is 66.4 Å². The van der Waals surface area contributed by atoms with Crippen LogP contribution in [0.2, 0.25) is 0 Å². The Labute approximate surface area is 117 Å². The maximum Gasteiger partial charge on any atom is 0.316 e. The van der Waals surface area contributed by atoms with Gasteiger partial charge in [-0.1, -0.05) is 12.2 Å². The fourth-order valence-electron chi connectivity index (χ4n) is 3.44. The van der Waals surface area contributed by atoms with Gasteiger partial charge in [-0.2, -0.15) is 0 Å². The van der Waals surface area contributed by atoms with Crippen LogP contribution in [0, 0.1) is 17.8 Å². The van der Waals surface area contributed by atoms with Crippen molar-refractivity contribution in [1.82, 2.24) is 5.32 Å². The summed E-state index contributed by atoms with van der Waals surface area (Å²) in [5.74, 6) is 1.17. The maximum atomic E-state index is 12.3. The highest BCUT2D eigenvalue weighted by Gasteiger charge is 2.38. The van der Waals surface area contributed by atoms with Gasteiger partial charge in [0.25, 0.3) is 0 Å². The highest BCUT2D eigenvalue weighted by atomic mass is 32.2. The summed E-state index contributed by atoms with van der Waals surface area (Å²) in [6.45, 7) is 0. The van der Waals surface area contributed by atoms with E-state index in [1.54, 1.807) is 0 Å². The predicted molar refractivity (Wildman–Crippen MR) is 73.9 cm³/mol. The Kier molecular flexibility index (Phi) is 3.56. The van der Waals surface area contributed by atoms with E-state index < -0.39 is 5.97 Å². The zero-order chi connectivity index (χ0) is 13.4. The largest absolute Gasteiger partial charge is 0.480 e. The number of hydrogen-bond donors (Lipinski definition) is 2. The van der Waals surface area contributed by atoms with Crippen LogP contribution in [-0.4, -0.2) is 34.0 Å². The van der Waals surface area contributed by atoms with Crippen LogP contribution < -0.4 is 5.32 Å². The molecule has 0 spiro atoms. The SMILES string of the molecule is O=C(O)[C@@H]1C[C@H](NC(=O)[C@@H]2C[C@@H]3C=C[C@H]2CC3)CS1. The number of rotatable bonds is 3. The molecule has 4 aliphatic rings. The molecule has 0 aromatic carbocycles. The number of nitrogens with one attached hydrogen (secondary N) is 1. The summed E-state index contributed by atoms with van der Waals surface area (Å²) >= 11 is 1.43. The molecule has 1 saturated carbocycles. The molecule has 4 rings (SSSR count). The summed E-state index contributed by atoms with van der Waals surface area (Å²) in [5, 5.41) is 11.7. The van der Waals surface area contributed by atoms with Crippen LogP contribution in [0.4, 0.5) is 0 Å². The van der Waals surface area contributed by atoms with Gasteiger partial charge in [0.1, 0.15) is 5.25 Å². The molecule has 4 nitrogen and oxygen atoms in total. The first-order valence-corrected chi connectivity index (χ1v) is 8.01. The average Bonchev–Trinajstić information content (AvgIpc) is 2.88. The van der Waals surface area contributed by atoms with E-state index in [1.165, 1.54) is 18.2 Å². The minimum atomic E-state index is -0.763. The molecule has 2 fully saturated rings. The van der Waals surface area contributed by atoms with Crippen molar-refractivity contribution in [2.45, 2.75) is 37.0 Å². The van der Waals surface area contributed by atoms with Crippen molar-refractivity contribution in [3.63, 3.8) is 0 Å². The van der Waals surface area contributed by atoms with Crippen molar-refractivity contribution in [1.29, 1.82) is 0 Å². The highest BCUT2D eigenvalue weighted by molar-refractivity contribution is 8.00. The van der Waals surface area contributed by atoms with E-state index in [2.05, 4.69) is 17.5 Å². The van der Waals surface area contributed by atoms with Crippen LogP contribution in [0.3, 0.4) is 0 Å². The molecule has 1 aliphatic heterocycles. The lowest BCUT2D eigenvalue weighted by atomic mass is 9.69. The summed E-state index contributed by atoms with van der Waals surface area (Å²) < 4.78 is 0. The standard InChI is InChI=1S/C14H19NO3S/c16-13(11-5-8-1-3-9(11)4-2-8)15-10-6-12(14(17)18)19-7-10/h1,3,8-12H,2,4-7H2,(H,15,16)(H,17,18)/t8-,9+,10+,11-,12+/m1/s1. The second kappa shape index (κ2) is 5.19. The van der Waals surface area contributed by atoms with Gasteiger partial charge in [-0.15, -0.1) is 11.8 Å². The Hall–Kier alpha value is -0.970. The van der Waals surface area contributed by atoms with Gasteiger partial charge in [-0.05, 0) is 37.5 Å². The molecule has 0 radical (unpaired) electrons.